The molecule has 1 aliphatic carbocycles. The molecule has 1 aliphatic heterocycles. The summed E-state index contributed by atoms with van der Waals surface area (Å²) in [7, 11) is 0. The highest BCUT2D eigenvalue weighted by Gasteiger charge is 2.36. The number of hydrogen-bond donors (Lipinski definition) is 1. The van der Waals surface area contributed by atoms with Gasteiger partial charge < -0.3 is 4.90 Å². The number of fused-ring (bicyclic) bond motifs is 2. The highest BCUT2D eigenvalue weighted by Crippen LogP contribution is 2.37. The smallest absolute Gasteiger partial charge is 0.00985 e. The van der Waals surface area contributed by atoms with Gasteiger partial charge in [0.15, 0.2) is 0 Å². The van der Waals surface area contributed by atoms with Gasteiger partial charge in [0.2, 0.25) is 0 Å². The van der Waals surface area contributed by atoms with Crippen LogP contribution in [0.4, 0.5) is 0 Å². The summed E-state index contributed by atoms with van der Waals surface area (Å²) < 4.78 is 0. The fourth-order valence-electron chi connectivity index (χ4n) is 2.90. The van der Waals surface area contributed by atoms with Crippen LogP contribution < -0.4 is 0 Å². The SMILES string of the molecule is SCCCCCN1CC2CCC1C2. The van der Waals surface area contributed by atoms with Crippen molar-refractivity contribution in [2.75, 3.05) is 18.8 Å². The molecule has 1 nitrogen and oxygen atoms in total. The zero-order valence-corrected chi connectivity index (χ0v) is 9.31. The predicted molar refractivity (Wildman–Crippen MR) is 60.4 cm³/mol. The van der Waals surface area contributed by atoms with Crippen LogP contribution in [0.3, 0.4) is 0 Å². The van der Waals surface area contributed by atoms with Crippen LogP contribution in [0.1, 0.15) is 38.5 Å². The van der Waals surface area contributed by atoms with Gasteiger partial charge in [-0.1, -0.05) is 6.42 Å². The summed E-state index contributed by atoms with van der Waals surface area (Å²) >= 11 is 4.23. The van der Waals surface area contributed by atoms with E-state index < -0.39 is 0 Å². The summed E-state index contributed by atoms with van der Waals surface area (Å²) in [6, 6.07) is 0.973. The summed E-state index contributed by atoms with van der Waals surface area (Å²) in [4.78, 5) is 2.73. The minimum absolute atomic E-state index is 0.973. The number of unbranched alkanes of at least 4 members (excludes halogenated alkanes) is 2. The topological polar surface area (TPSA) is 3.24 Å². The second-order valence-corrected chi connectivity index (χ2v) is 5.06. The number of likely N-dealkylation sites (tertiary alicyclic amines) is 1. The van der Waals surface area contributed by atoms with Gasteiger partial charge in [-0.3, -0.25) is 0 Å². The molecule has 2 fully saturated rings. The highest BCUT2D eigenvalue weighted by molar-refractivity contribution is 7.80. The van der Waals surface area contributed by atoms with Gasteiger partial charge in [-0.15, -0.1) is 0 Å². The van der Waals surface area contributed by atoms with Crippen molar-refractivity contribution in [2.24, 2.45) is 5.92 Å². The second-order valence-electron chi connectivity index (χ2n) is 4.61. The Kier molecular flexibility index (Phi) is 3.56. The van der Waals surface area contributed by atoms with Crippen molar-refractivity contribution in [1.29, 1.82) is 0 Å². The fourth-order valence-corrected chi connectivity index (χ4v) is 3.13. The van der Waals surface area contributed by atoms with Crippen LogP contribution in [-0.2, 0) is 0 Å². The van der Waals surface area contributed by atoms with Crippen LogP contribution in [0.2, 0.25) is 0 Å². The first kappa shape index (κ1) is 9.85. The van der Waals surface area contributed by atoms with E-state index in [1.807, 2.05) is 0 Å². The summed E-state index contributed by atoms with van der Waals surface area (Å²) in [5, 5.41) is 0. The zero-order chi connectivity index (χ0) is 9.10. The lowest BCUT2D eigenvalue weighted by molar-refractivity contribution is 0.210. The maximum Gasteiger partial charge on any atom is 0.00985 e. The maximum atomic E-state index is 4.23. The Bertz CT molecular complexity index is 160. The monoisotopic (exact) mass is 199 g/mol. The van der Waals surface area contributed by atoms with Gasteiger partial charge in [-0.2, -0.15) is 12.6 Å². The average Bonchev–Trinajstić information content (AvgIpc) is 2.73. The lowest BCUT2D eigenvalue weighted by Gasteiger charge is -2.26. The normalized spacial score (nSPS) is 33.0. The molecular weight excluding hydrogens is 178 g/mol. The Labute approximate surface area is 87.3 Å². The molecule has 0 aromatic heterocycles. The molecule has 2 rings (SSSR count). The van der Waals surface area contributed by atoms with E-state index in [-0.39, 0.29) is 0 Å². The van der Waals surface area contributed by atoms with E-state index in [0.717, 1.165) is 17.7 Å². The summed E-state index contributed by atoms with van der Waals surface area (Å²) in [5.41, 5.74) is 0. The molecule has 1 heterocycles. The molecule has 0 aromatic rings. The van der Waals surface area contributed by atoms with Crippen molar-refractivity contribution in [1.82, 2.24) is 4.90 Å². The molecule has 2 atom stereocenters. The van der Waals surface area contributed by atoms with Crippen LogP contribution in [0.5, 0.6) is 0 Å². The highest BCUT2D eigenvalue weighted by atomic mass is 32.1. The Morgan fingerprint density at radius 2 is 2.08 bits per heavy atom. The third-order valence-corrected chi connectivity index (χ3v) is 3.94. The van der Waals surface area contributed by atoms with Crippen LogP contribution in [-0.4, -0.2) is 29.8 Å². The molecule has 2 heteroatoms. The largest absolute Gasteiger partial charge is 0.300 e. The Morgan fingerprint density at radius 3 is 2.69 bits per heavy atom. The van der Waals surface area contributed by atoms with E-state index >= 15 is 0 Å². The Balaban J connectivity index is 1.60. The number of piperidine rings is 1. The first-order chi connectivity index (χ1) is 6.40. The van der Waals surface area contributed by atoms with Gasteiger partial charge in [0, 0.05) is 12.6 Å². The van der Waals surface area contributed by atoms with Crippen molar-refractivity contribution in [2.45, 2.75) is 44.6 Å². The molecule has 2 aliphatic rings. The fraction of sp³-hybridized carbons (Fsp3) is 1.00. The van der Waals surface area contributed by atoms with Gasteiger partial charge in [0.25, 0.3) is 0 Å². The molecule has 0 radical (unpaired) electrons. The van der Waals surface area contributed by atoms with Crippen molar-refractivity contribution in [3.63, 3.8) is 0 Å². The summed E-state index contributed by atoms with van der Waals surface area (Å²) in [5.74, 6) is 2.13. The summed E-state index contributed by atoms with van der Waals surface area (Å²) in [6.45, 7) is 2.76. The van der Waals surface area contributed by atoms with Gasteiger partial charge in [-0.05, 0) is 50.3 Å². The van der Waals surface area contributed by atoms with E-state index in [1.54, 1.807) is 0 Å². The van der Waals surface area contributed by atoms with Gasteiger partial charge in [0.05, 0.1) is 0 Å². The van der Waals surface area contributed by atoms with E-state index in [1.165, 1.54) is 51.6 Å². The van der Waals surface area contributed by atoms with E-state index in [4.69, 9.17) is 0 Å². The van der Waals surface area contributed by atoms with Gasteiger partial charge >= 0.3 is 0 Å². The average molecular weight is 199 g/mol. The Hall–Kier alpha value is 0.310. The standard InChI is InChI=1S/C11H21NS/c13-7-3-1-2-6-12-9-10-4-5-11(12)8-10/h10-11,13H,1-9H2. The first-order valence-electron chi connectivity index (χ1n) is 5.75. The number of hydrogen-bond acceptors (Lipinski definition) is 2. The molecule has 76 valence electrons. The first-order valence-corrected chi connectivity index (χ1v) is 6.38. The van der Waals surface area contributed by atoms with Crippen molar-refractivity contribution in [3.8, 4) is 0 Å². The van der Waals surface area contributed by atoms with Crippen molar-refractivity contribution in [3.05, 3.63) is 0 Å². The molecule has 2 bridgehead atoms. The van der Waals surface area contributed by atoms with Crippen LogP contribution in [0.15, 0.2) is 0 Å². The zero-order valence-electron chi connectivity index (χ0n) is 8.41. The Morgan fingerprint density at radius 1 is 1.15 bits per heavy atom. The minimum atomic E-state index is 0.973. The quantitative estimate of drug-likeness (QED) is 0.526. The maximum absolute atomic E-state index is 4.23. The molecule has 0 N–H and O–H groups in total. The van der Waals surface area contributed by atoms with Gasteiger partial charge in [0.1, 0.15) is 0 Å². The molecule has 0 amide bonds. The third kappa shape index (κ3) is 2.41. The second kappa shape index (κ2) is 4.70. The number of rotatable bonds is 5. The predicted octanol–water partition coefficient (Wildman–Crippen LogP) is 2.57. The molecule has 13 heavy (non-hydrogen) atoms. The summed E-state index contributed by atoms with van der Waals surface area (Å²) in [6.07, 6.45) is 8.56. The van der Waals surface area contributed by atoms with E-state index in [2.05, 4.69) is 17.5 Å². The van der Waals surface area contributed by atoms with Crippen LogP contribution in [0, 0.1) is 5.92 Å². The molecule has 2 unspecified atom stereocenters. The van der Waals surface area contributed by atoms with Crippen LogP contribution >= 0.6 is 12.6 Å². The number of thiol groups is 1. The number of nitrogens with zero attached hydrogens (tertiary/aromatic N) is 1. The molecule has 1 saturated carbocycles. The lowest BCUT2D eigenvalue weighted by atomic mass is 10.1. The minimum Gasteiger partial charge on any atom is -0.300 e. The molecule has 1 saturated heterocycles. The van der Waals surface area contributed by atoms with E-state index in [9.17, 15) is 0 Å². The van der Waals surface area contributed by atoms with Crippen molar-refractivity contribution < 1.29 is 0 Å². The van der Waals surface area contributed by atoms with Crippen LogP contribution in [0.25, 0.3) is 0 Å². The van der Waals surface area contributed by atoms with Gasteiger partial charge in [-0.25, -0.2) is 0 Å². The third-order valence-electron chi connectivity index (χ3n) is 3.63. The molecule has 0 aromatic carbocycles. The molecule has 0 spiro atoms. The van der Waals surface area contributed by atoms with Crippen molar-refractivity contribution >= 4 is 12.6 Å². The lowest BCUT2D eigenvalue weighted by Crippen LogP contribution is -2.32. The molecular formula is C11H21NS. The van der Waals surface area contributed by atoms with E-state index in [0.29, 0.717) is 0 Å².